The predicted molar refractivity (Wildman–Crippen MR) is 100 cm³/mol. The van der Waals surface area contributed by atoms with Crippen LogP contribution in [0, 0.1) is 5.82 Å². The summed E-state index contributed by atoms with van der Waals surface area (Å²) in [5.41, 5.74) is 5.28. The van der Waals surface area contributed by atoms with Gasteiger partial charge in [-0.3, -0.25) is 4.79 Å². The molecule has 3 aromatic rings. The number of rotatable bonds is 4. The minimum Gasteiger partial charge on any atom is -0.267 e. The molecule has 0 spiro atoms. The standard InChI is InChI=1S/C20H14BrFN2O/c21-17-10-6-15(7-11-17)19(14-4-2-1-3-5-14)23-24-20(25)16-8-12-18(22)13-9-16/h1-13H,(H,24,25)/b23-19+. The van der Waals surface area contributed by atoms with Gasteiger partial charge >= 0.3 is 0 Å². The highest BCUT2D eigenvalue weighted by Crippen LogP contribution is 2.15. The van der Waals surface area contributed by atoms with Crippen molar-refractivity contribution in [1.82, 2.24) is 5.43 Å². The van der Waals surface area contributed by atoms with Crippen molar-refractivity contribution < 1.29 is 9.18 Å². The van der Waals surface area contributed by atoms with Gasteiger partial charge in [-0.2, -0.15) is 5.10 Å². The van der Waals surface area contributed by atoms with Gasteiger partial charge in [0.2, 0.25) is 0 Å². The normalized spacial score (nSPS) is 11.2. The van der Waals surface area contributed by atoms with Gasteiger partial charge in [0, 0.05) is 21.2 Å². The van der Waals surface area contributed by atoms with E-state index < -0.39 is 5.91 Å². The molecule has 0 unspecified atom stereocenters. The quantitative estimate of drug-likeness (QED) is 0.500. The number of nitrogens with zero attached hydrogens (tertiary/aromatic N) is 1. The molecular formula is C20H14BrFN2O. The molecule has 1 amide bonds. The number of hydrogen-bond acceptors (Lipinski definition) is 2. The van der Waals surface area contributed by atoms with Crippen LogP contribution in [0.5, 0.6) is 0 Å². The summed E-state index contributed by atoms with van der Waals surface area (Å²) >= 11 is 3.41. The predicted octanol–water partition coefficient (Wildman–Crippen LogP) is 4.77. The molecule has 0 heterocycles. The third kappa shape index (κ3) is 4.39. The first-order chi connectivity index (χ1) is 12.1. The number of carbonyl (C=O) groups is 1. The van der Waals surface area contributed by atoms with Crippen LogP contribution < -0.4 is 5.43 Å². The zero-order valence-corrected chi connectivity index (χ0v) is 14.7. The van der Waals surface area contributed by atoms with Crippen LogP contribution in [0.25, 0.3) is 0 Å². The van der Waals surface area contributed by atoms with Crippen molar-refractivity contribution in [2.45, 2.75) is 0 Å². The summed E-state index contributed by atoms with van der Waals surface area (Å²) in [7, 11) is 0. The largest absolute Gasteiger partial charge is 0.271 e. The molecule has 0 bridgehead atoms. The molecule has 3 rings (SSSR count). The minimum absolute atomic E-state index is 0.341. The Balaban J connectivity index is 1.91. The van der Waals surface area contributed by atoms with E-state index in [1.807, 2.05) is 54.6 Å². The Morgan fingerprint density at radius 1 is 0.800 bits per heavy atom. The molecular weight excluding hydrogens is 383 g/mol. The molecule has 124 valence electrons. The lowest BCUT2D eigenvalue weighted by Gasteiger charge is -2.08. The van der Waals surface area contributed by atoms with Crippen LogP contribution in [0.15, 0.2) is 88.4 Å². The van der Waals surface area contributed by atoms with Crippen molar-refractivity contribution >= 4 is 27.5 Å². The molecule has 0 aliphatic carbocycles. The molecule has 5 heteroatoms. The van der Waals surface area contributed by atoms with Crippen LogP contribution in [0.4, 0.5) is 4.39 Å². The van der Waals surface area contributed by atoms with Gasteiger partial charge in [0.05, 0.1) is 5.71 Å². The van der Waals surface area contributed by atoms with E-state index in [4.69, 9.17) is 0 Å². The van der Waals surface area contributed by atoms with E-state index in [0.717, 1.165) is 15.6 Å². The van der Waals surface area contributed by atoms with Gasteiger partial charge in [0.25, 0.3) is 5.91 Å². The summed E-state index contributed by atoms with van der Waals surface area (Å²) in [5.74, 6) is -0.787. The van der Waals surface area contributed by atoms with E-state index in [-0.39, 0.29) is 5.82 Å². The second kappa shape index (κ2) is 7.85. The van der Waals surface area contributed by atoms with Crippen molar-refractivity contribution in [2.75, 3.05) is 0 Å². The number of benzene rings is 3. The van der Waals surface area contributed by atoms with Crippen LogP contribution in [0.2, 0.25) is 0 Å². The molecule has 1 N–H and O–H groups in total. The van der Waals surface area contributed by atoms with Crippen molar-refractivity contribution in [3.8, 4) is 0 Å². The highest BCUT2D eigenvalue weighted by molar-refractivity contribution is 9.10. The number of nitrogens with one attached hydrogen (secondary N) is 1. The zero-order chi connectivity index (χ0) is 17.6. The van der Waals surface area contributed by atoms with Crippen molar-refractivity contribution in [3.63, 3.8) is 0 Å². The van der Waals surface area contributed by atoms with Crippen LogP contribution in [0.1, 0.15) is 21.5 Å². The van der Waals surface area contributed by atoms with Crippen molar-refractivity contribution in [1.29, 1.82) is 0 Å². The topological polar surface area (TPSA) is 41.5 Å². The van der Waals surface area contributed by atoms with Gasteiger partial charge in [-0.05, 0) is 36.4 Å². The molecule has 0 aromatic heterocycles. The van der Waals surface area contributed by atoms with Crippen molar-refractivity contribution in [3.05, 3.63) is 106 Å². The molecule has 0 saturated heterocycles. The molecule has 0 saturated carbocycles. The fourth-order valence-corrected chi connectivity index (χ4v) is 2.54. The lowest BCUT2D eigenvalue weighted by molar-refractivity contribution is 0.0955. The summed E-state index contributed by atoms with van der Waals surface area (Å²) in [5, 5.41) is 4.30. The molecule has 25 heavy (non-hydrogen) atoms. The Hall–Kier alpha value is -2.79. The highest BCUT2D eigenvalue weighted by atomic mass is 79.9. The molecule has 3 nitrogen and oxygen atoms in total. The number of hydrazone groups is 1. The molecule has 3 aromatic carbocycles. The first kappa shape index (κ1) is 17.0. The van der Waals surface area contributed by atoms with Crippen LogP contribution in [-0.2, 0) is 0 Å². The zero-order valence-electron chi connectivity index (χ0n) is 13.1. The lowest BCUT2D eigenvalue weighted by Crippen LogP contribution is -2.20. The average molecular weight is 397 g/mol. The van der Waals surface area contributed by atoms with Crippen LogP contribution in [-0.4, -0.2) is 11.6 Å². The Morgan fingerprint density at radius 3 is 2.00 bits per heavy atom. The SMILES string of the molecule is O=C(N/N=C(\c1ccccc1)c1ccc(Br)cc1)c1ccc(F)cc1. The maximum absolute atomic E-state index is 13.0. The monoisotopic (exact) mass is 396 g/mol. The summed E-state index contributed by atoms with van der Waals surface area (Å²) in [4.78, 5) is 12.2. The summed E-state index contributed by atoms with van der Waals surface area (Å²) in [6.45, 7) is 0. The van der Waals surface area contributed by atoms with Crippen molar-refractivity contribution in [2.24, 2.45) is 5.10 Å². The van der Waals surface area contributed by atoms with E-state index in [2.05, 4.69) is 26.5 Å². The van der Waals surface area contributed by atoms with E-state index in [9.17, 15) is 9.18 Å². The van der Waals surface area contributed by atoms with Gasteiger partial charge in [-0.15, -0.1) is 0 Å². The molecule has 0 aliphatic rings. The number of hydrogen-bond donors (Lipinski definition) is 1. The van der Waals surface area contributed by atoms with Gasteiger partial charge in [-0.1, -0.05) is 58.4 Å². The van der Waals surface area contributed by atoms with Crippen LogP contribution in [0.3, 0.4) is 0 Å². The Morgan fingerprint density at radius 2 is 1.36 bits per heavy atom. The van der Waals surface area contributed by atoms with Gasteiger partial charge in [-0.25, -0.2) is 9.82 Å². The Bertz CT molecular complexity index is 891. The summed E-state index contributed by atoms with van der Waals surface area (Å²) < 4.78 is 13.9. The third-order valence-electron chi connectivity index (χ3n) is 3.54. The molecule has 0 aliphatic heterocycles. The first-order valence-corrected chi connectivity index (χ1v) is 8.38. The second-order valence-electron chi connectivity index (χ2n) is 5.28. The van der Waals surface area contributed by atoms with Gasteiger partial charge in [0.15, 0.2) is 0 Å². The number of carbonyl (C=O) groups excluding carboxylic acids is 1. The maximum atomic E-state index is 13.0. The fourth-order valence-electron chi connectivity index (χ4n) is 2.27. The Kier molecular flexibility index (Phi) is 5.36. The third-order valence-corrected chi connectivity index (χ3v) is 4.07. The molecule has 0 atom stereocenters. The minimum atomic E-state index is -0.398. The van der Waals surface area contributed by atoms with Crippen LogP contribution >= 0.6 is 15.9 Å². The average Bonchev–Trinajstić information content (AvgIpc) is 2.64. The highest BCUT2D eigenvalue weighted by Gasteiger charge is 2.09. The van der Waals surface area contributed by atoms with E-state index in [1.54, 1.807) is 0 Å². The lowest BCUT2D eigenvalue weighted by atomic mass is 10.0. The Labute approximate surface area is 153 Å². The number of amides is 1. The van der Waals surface area contributed by atoms with E-state index in [0.29, 0.717) is 11.3 Å². The molecule has 0 radical (unpaired) electrons. The first-order valence-electron chi connectivity index (χ1n) is 7.58. The summed E-state index contributed by atoms with van der Waals surface area (Å²) in [6, 6.07) is 22.6. The second-order valence-corrected chi connectivity index (χ2v) is 6.20. The van der Waals surface area contributed by atoms with Gasteiger partial charge < -0.3 is 0 Å². The smallest absolute Gasteiger partial charge is 0.267 e. The maximum Gasteiger partial charge on any atom is 0.271 e. The van der Waals surface area contributed by atoms with E-state index in [1.165, 1.54) is 24.3 Å². The van der Waals surface area contributed by atoms with E-state index >= 15 is 0 Å². The summed E-state index contributed by atoms with van der Waals surface area (Å²) in [6.07, 6.45) is 0. The fraction of sp³-hybridized carbons (Fsp3) is 0. The van der Waals surface area contributed by atoms with Gasteiger partial charge in [0.1, 0.15) is 5.82 Å². The molecule has 0 fully saturated rings. The number of halogens is 2.